The molecule has 1 unspecified atom stereocenters. The molecule has 136 valence electrons. The largest absolute Gasteiger partial charge is 0.348 e. The summed E-state index contributed by atoms with van der Waals surface area (Å²) in [5, 5.41) is 0. The van der Waals surface area contributed by atoms with E-state index in [9.17, 15) is 4.39 Å². The van der Waals surface area contributed by atoms with Gasteiger partial charge in [0.1, 0.15) is 11.6 Å². The number of rotatable bonds is 5. The molecule has 0 spiro atoms. The molecule has 2 heterocycles. The van der Waals surface area contributed by atoms with E-state index in [4.69, 9.17) is 4.98 Å². The van der Waals surface area contributed by atoms with Crippen molar-refractivity contribution in [2.75, 3.05) is 0 Å². The quantitative estimate of drug-likeness (QED) is 0.655. The molecule has 1 aromatic carbocycles. The van der Waals surface area contributed by atoms with E-state index in [1.54, 1.807) is 6.07 Å². The smallest absolute Gasteiger partial charge is 0.141 e. The number of pyridine rings is 1. The molecular formula is C22H26FN3. The van der Waals surface area contributed by atoms with Crippen molar-refractivity contribution in [2.45, 2.75) is 46.5 Å². The molecule has 0 amide bonds. The minimum absolute atomic E-state index is 0.236. The van der Waals surface area contributed by atoms with Crippen molar-refractivity contribution in [2.24, 2.45) is 5.41 Å². The third-order valence-corrected chi connectivity index (χ3v) is 4.35. The molecule has 1 N–H and O–H groups in total. The van der Waals surface area contributed by atoms with E-state index in [0.717, 1.165) is 35.6 Å². The number of hydrogen-bond donors (Lipinski definition) is 1. The molecule has 0 radical (unpaired) electrons. The van der Waals surface area contributed by atoms with Gasteiger partial charge in [-0.15, -0.1) is 0 Å². The Labute approximate surface area is 154 Å². The molecule has 4 heteroatoms. The molecule has 0 fully saturated rings. The topological polar surface area (TPSA) is 41.6 Å². The first-order chi connectivity index (χ1) is 12.3. The molecule has 0 aliphatic rings. The van der Waals surface area contributed by atoms with Crippen molar-refractivity contribution >= 4 is 0 Å². The van der Waals surface area contributed by atoms with Crippen LogP contribution in [-0.2, 0) is 12.8 Å². The maximum Gasteiger partial charge on any atom is 0.141 e. The standard InChI is InChI=1S/C22H26FN3/c1-15(21-25-14-19(26-21)12-22(2,3)4)11-16-5-7-17(8-6-16)20-10-9-18(23)13-24-20/h5-10,13-15H,11-12H2,1-4H3,(H,25,26). The highest BCUT2D eigenvalue weighted by Gasteiger charge is 2.16. The summed E-state index contributed by atoms with van der Waals surface area (Å²) in [5.41, 5.74) is 4.38. The minimum atomic E-state index is -0.316. The van der Waals surface area contributed by atoms with E-state index in [1.165, 1.54) is 17.8 Å². The predicted octanol–water partition coefficient (Wildman–Crippen LogP) is 5.55. The monoisotopic (exact) mass is 351 g/mol. The average molecular weight is 351 g/mol. The van der Waals surface area contributed by atoms with E-state index < -0.39 is 0 Å². The average Bonchev–Trinajstić information content (AvgIpc) is 3.03. The fourth-order valence-corrected chi connectivity index (χ4v) is 3.07. The summed E-state index contributed by atoms with van der Waals surface area (Å²) in [6.07, 6.45) is 5.16. The van der Waals surface area contributed by atoms with Crippen molar-refractivity contribution < 1.29 is 4.39 Å². The maximum atomic E-state index is 13.0. The van der Waals surface area contributed by atoms with Crippen LogP contribution in [0, 0.1) is 11.2 Å². The number of halogens is 1. The van der Waals surface area contributed by atoms with Gasteiger partial charge in [-0.1, -0.05) is 52.0 Å². The Balaban J connectivity index is 1.66. The third-order valence-electron chi connectivity index (χ3n) is 4.35. The molecule has 3 aromatic rings. The Bertz CT molecular complexity index is 842. The van der Waals surface area contributed by atoms with E-state index in [0.29, 0.717) is 5.92 Å². The fraction of sp³-hybridized carbons (Fsp3) is 0.364. The normalized spacial score (nSPS) is 13.0. The summed E-state index contributed by atoms with van der Waals surface area (Å²) in [4.78, 5) is 12.2. The van der Waals surface area contributed by atoms with Gasteiger partial charge in [0, 0.05) is 17.7 Å². The van der Waals surface area contributed by atoms with Crippen LogP contribution < -0.4 is 0 Å². The highest BCUT2D eigenvalue weighted by molar-refractivity contribution is 5.59. The summed E-state index contributed by atoms with van der Waals surface area (Å²) >= 11 is 0. The molecule has 3 nitrogen and oxygen atoms in total. The van der Waals surface area contributed by atoms with E-state index >= 15 is 0 Å². The van der Waals surface area contributed by atoms with Crippen LogP contribution in [0.25, 0.3) is 11.3 Å². The zero-order chi connectivity index (χ0) is 18.7. The second-order valence-corrected chi connectivity index (χ2v) is 8.18. The first-order valence-corrected chi connectivity index (χ1v) is 9.05. The predicted molar refractivity (Wildman–Crippen MR) is 103 cm³/mol. The lowest BCUT2D eigenvalue weighted by atomic mass is 9.91. The van der Waals surface area contributed by atoms with Gasteiger partial charge >= 0.3 is 0 Å². The van der Waals surface area contributed by atoms with Gasteiger partial charge in [-0.2, -0.15) is 0 Å². The van der Waals surface area contributed by atoms with Crippen LogP contribution >= 0.6 is 0 Å². The molecule has 26 heavy (non-hydrogen) atoms. The molecule has 3 rings (SSSR count). The fourth-order valence-electron chi connectivity index (χ4n) is 3.07. The Kier molecular flexibility index (Phi) is 5.21. The number of benzene rings is 1. The van der Waals surface area contributed by atoms with Gasteiger partial charge < -0.3 is 4.98 Å². The van der Waals surface area contributed by atoms with Crippen molar-refractivity contribution in [1.29, 1.82) is 0 Å². The summed E-state index contributed by atoms with van der Waals surface area (Å²) in [7, 11) is 0. The Morgan fingerprint density at radius 1 is 1.08 bits per heavy atom. The van der Waals surface area contributed by atoms with Crippen LogP contribution in [0.1, 0.15) is 50.7 Å². The van der Waals surface area contributed by atoms with Gasteiger partial charge in [-0.05, 0) is 36.0 Å². The molecule has 0 saturated heterocycles. The van der Waals surface area contributed by atoms with Crippen LogP contribution in [0.5, 0.6) is 0 Å². The number of H-pyrrole nitrogens is 1. The number of nitrogens with zero attached hydrogens (tertiary/aromatic N) is 2. The second kappa shape index (κ2) is 7.40. The van der Waals surface area contributed by atoms with Crippen molar-refractivity contribution in [3.05, 3.63) is 71.7 Å². The van der Waals surface area contributed by atoms with Crippen LogP contribution in [0.15, 0.2) is 48.8 Å². The van der Waals surface area contributed by atoms with Gasteiger partial charge in [0.05, 0.1) is 17.6 Å². The molecule has 0 aliphatic heterocycles. The first-order valence-electron chi connectivity index (χ1n) is 9.05. The highest BCUT2D eigenvalue weighted by Crippen LogP contribution is 2.24. The molecular weight excluding hydrogens is 325 g/mol. The van der Waals surface area contributed by atoms with Crippen molar-refractivity contribution in [3.8, 4) is 11.3 Å². The Morgan fingerprint density at radius 2 is 1.81 bits per heavy atom. The second-order valence-electron chi connectivity index (χ2n) is 8.18. The number of imidazole rings is 1. The molecule has 0 saturated carbocycles. The van der Waals surface area contributed by atoms with Gasteiger partial charge in [-0.25, -0.2) is 9.37 Å². The number of nitrogens with one attached hydrogen (secondary N) is 1. The van der Waals surface area contributed by atoms with Gasteiger partial charge in [0.25, 0.3) is 0 Å². The lowest BCUT2D eigenvalue weighted by molar-refractivity contribution is 0.406. The van der Waals surface area contributed by atoms with Gasteiger partial charge in [0.2, 0.25) is 0 Å². The van der Waals surface area contributed by atoms with Crippen molar-refractivity contribution in [1.82, 2.24) is 15.0 Å². The zero-order valence-electron chi connectivity index (χ0n) is 15.9. The van der Waals surface area contributed by atoms with Crippen LogP contribution in [0.3, 0.4) is 0 Å². The minimum Gasteiger partial charge on any atom is -0.348 e. The first kappa shape index (κ1) is 18.3. The van der Waals surface area contributed by atoms with E-state index in [1.807, 2.05) is 18.3 Å². The summed E-state index contributed by atoms with van der Waals surface area (Å²) in [6, 6.07) is 11.4. The summed E-state index contributed by atoms with van der Waals surface area (Å²) in [6.45, 7) is 8.86. The molecule has 1 atom stereocenters. The lowest BCUT2D eigenvalue weighted by Gasteiger charge is -2.15. The summed E-state index contributed by atoms with van der Waals surface area (Å²) in [5.74, 6) is 1.04. The van der Waals surface area contributed by atoms with E-state index in [-0.39, 0.29) is 11.2 Å². The summed E-state index contributed by atoms with van der Waals surface area (Å²) < 4.78 is 13.0. The number of aromatic nitrogens is 3. The molecule has 0 aliphatic carbocycles. The number of aromatic amines is 1. The van der Waals surface area contributed by atoms with Crippen LogP contribution in [0.4, 0.5) is 4.39 Å². The SMILES string of the molecule is CC(Cc1ccc(-c2ccc(F)cn2)cc1)c1nc(CC(C)(C)C)c[nH]1. The maximum absolute atomic E-state index is 13.0. The van der Waals surface area contributed by atoms with E-state index in [2.05, 4.69) is 49.8 Å². The Morgan fingerprint density at radius 3 is 2.42 bits per heavy atom. The zero-order valence-corrected chi connectivity index (χ0v) is 15.9. The van der Waals surface area contributed by atoms with Crippen LogP contribution in [-0.4, -0.2) is 15.0 Å². The number of hydrogen-bond acceptors (Lipinski definition) is 2. The Hall–Kier alpha value is -2.49. The van der Waals surface area contributed by atoms with Gasteiger partial charge in [0.15, 0.2) is 0 Å². The lowest BCUT2D eigenvalue weighted by Crippen LogP contribution is -2.09. The molecule has 0 bridgehead atoms. The van der Waals surface area contributed by atoms with Crippen LogP contribution in [0.2, 0.25) is 0 Å². The highest BCUT2D eigenvalue weighted by atomic mass is 19.1. The molecule has 2 aromatic heterocycles. The third kappa shape index (κ3) is 4.78. The van der Waals surface area contributed by atoms with Crippen molar-refractivity contribution in [3.63, 3.8) is 0 Å². The van der Waals surface area contributed by atoms with Gasteiger partial charge in [-0.3, -0.25) is 4.98 Å².